The normalized spacial score (nSPS) is 19.8. The largest absolute Gasteiger partial charge is 0.496 e. The predicted molar refractivity (Wildman–Crippen MR) is 75.9 cm³/mol. The van der Waals surface area contributed by atoms with Crippen molar-refractivity contribution in [3.63, 3.8) is 0 Å². The molecule has 18 heavy (non-hydrogen) atoms. The first kappa shape index (κ1) is 13.8. The molecule has 100 valence electrons. The summed E-state index contributed by atoms with van der Waals surface area (Å²) in [6.07, 6.45) is 2.54. The molecule has 1 aromatic rings. The van der Waals surface area contributed by atoms with Crippen LogP contribution in [0.25, 0.3) is 0 Å². The Hall–Kier alpha value is -0.580. The Morgan fingerprint density at radius 2 is 2.33 bits per heavy atom. The van der Waals surface area contributed by atoms with Gasteiger partial charge in [-0.3, -0.25) is 0 Å². The monoisotopic (exact) mass is 313 g/mol. The first-order valence-electron chi connectivity index (χ1n) is 6.40. The molecule has 0 spiro atoms. The lowest BCUT2D eigenvalue weighted by atomic mass is 10.0. The van der Waals surface area contributed by atoms with Gasteiger partial charge in [-0.15, -0.1) is 0 Å². The van der Waals surface area contributed by atoms with E-state index >= 15 is 0 Å². The lowest BCUT2D eigenvalue weighted by Crippen LogP contribution is -2.32. The topological polar surface area (TPSA) is 30.5 Å². The summed E-state index contributed by atoms with van der Waals surface area (Å²) in [5.74, 6) is 1.52. The van der Waals surface area contributed by atoms with E-state index < -0.39 is 0 Å². The Morgan fingerprint density at radius 1 is 1.44 bits per heavy atom. The third-order valence-electron chi connectivity index (χ3n) is 3.24. The number of benzene rings is 1. The van der Waals surface area contributed by atoms with Crippen LogP contribution in [0, 0.1) is 5.92 Å². The molecule has 1 aromatic carbocycles. The predicted octanol–water partition coefficient (Wildman–Crippen LogP) is 2.97. The second kappa shape index (κ2) is 7.12. The molecule has 0 aliphatic carbocycles. The Bertz CT molecular complexity index is 378. The fourth-order valence-electron chi connectivity index (χ4n) is 2.21. The van der Waals surface area contributed by atoms with Gasteiger partial charge in [-0.05, 0) is 58.9 Å². The van der Waals surface area contributed by atoms with E-state index in [-0.39, 0.29) is 0 Å². The summed E-state index contributed by atoms with van der Waals surface area (Å²) in [7, 11) is 1.67. The van der Waals surface area contributed by atoms with E-state index in [1.165, 1.54) is 18.4 Å². The standard InChI is InChI=1S/C14H20BrNO2/c1-17-14-5-4-11(7-13(14)15)9-18-10-12-3-2-6-16-8-12/h4-5,7,12,16H,2-3,6,8-10H2,1H3. The molecule has 1 heterocycles. The Balaban J connectivity index is 1.77. The molecule has 0 radical (unpaired) electrons. The number of piperidine rings is 1. The molecule has 2 rings (SSSR count). The Morgan fingerprint density at radius 3 is 3.00 bits per heavy atom. The number of ether oxygens (including phenoxy) is 2. The molecule has 1 atom stereocenters. The van der Waals surface area contributed by atoms with Gasteiger partial charge < -0.3 is 14.8 Å². The minimum Gasteiger partial charge on any atom is -0.496 e. The van der Waals surface area contributed by atoms with Gasteiger partial charge in [0.2, 0.25) is 0 Å². The number of hydrogen-bond donors (Lipinski definition) is 1. The number of methoxy groups -OCH3 is 1. The number of nitrogens with one attached hydrogen (secondary N) is 1. The third-order valence-corrected chi connectivity index (χ3v) is 3.86. The van der Waals surface area contributed by atoms with Gasteiger partial charge in [-0.1, -0.05) is 6.07 Å². The summed E-state index contributed by atoms with van der Waals surface area (Å²) in [5.41, 5.74) is 1.17. The van der Waals surface area contributed by atoms with E-state index in [4.69, 9.17) is 9.47 Å². The van der Waals surface area contributed by atoms with Crippen LogP contribution in [-0.4, -0.2) is 26.8 Å². The maximum absolute atomic E-state index is 5.79. The minimum absolute atomic E-state index is 0.666. The summed E-state index contributed by atoms with van der Waals surface area (Å²) >= 11 is 3.49. The number of hydrogen-bond acceptors (Lipinski definition) is 3. The van der Waals surface area contributed by atoms with Crippen molar-refractivity contribution in [1.29, 1.82) is 0 Å². The first-order chi connectivity index (χ1) is 8.79. The molecule has 1 unspecified atom stereocenters. The molecule has 0 bridgehead atoms. The highest BCUT2D eigenvalue weighted by Gasteiger charge is 2.12. The maximum Gasteiger partial charge on any atom is 0.133 e. The van der Waals surface area contributed by atoms with Crippen LogP contribution in [0.2, 0.25) is 0 Å². The molecule has 1 aliphatic heterocycles. The fourth-order valence-corrected chi connectivity index (χ4v) is 2.80. The fraction of sp³-hybridized carbons (Fsp3) is 0.571. The molecule has 0 saturated carbocycles. The van der Waals surface area contributed by atoms with Crippen LogP contribution in [-0.2, 0) is 11.3 Å². The maximum atomic E-state index is 5.79. The summed E-state index contributed by atoms with van der Waals surface area (Å²) < 4.78 is 12.0. The third kappa shape index (κ3) is 3.97. The van der Waals surface area contributed by atoms with Gasteiger partial charge >= 0.3 is 0 Å². The van der Waals surface area contributed by atoms with Gasteiger partial charge in [0, 0.05) is 6.54 Å². The molecule has 3 nitrogen and oxygen atoms in total. The quantitative estimate of drug-likeness (QED) is 0.906. The summed E-state index contributed by atoms with van der Waals surface area (Å²) in [4.78, 5) is 0. The van der Waals surface area contributed by atoms with E-state index in [0.29, 0.717) is 12.5 Å². The van der Waals surface area contributed by atoms with Crippen molar-refractivity contribution in [2.45, 2.75) is 19.4 Å². The van der Waals surface area contributed by atoms with Crippen LogP contribution in [0.15, 0.2) is 22.7 Å². The molecule has 1 N–H and O–H groups in total. The highest BCUT2D eigenvalue weighted by atomic mass is 79.9. The molecule has 1 saturated heterocycles. The zero-order valence-electron chi connectivity index (χ0n) is 10.7. The van der Waals surface area contributed by atoms with Gasteiger partial charge in [0.15, 0.2) is 0 Å². The molecular weight excluding hydrogens is 294 g/mol. The summed E-state index contributed by atoms with van der Waals surface area (Å²) in [5, 5.41) is 3.40. The second-order valence-corrected chi connectivity index (χ2v) is 5.55. The van der Waals surface area contributed by atoms with Gasteiger partial charge in [0.1, 0.15) is 5.75 Å². The highest BCUT2D eigenvalue weighted by molar-refractivity contribution is 9.10. The van der Waals surface area contributed by atoms with Crippen molar-refractivity contribution in [2.75, 3.05) is 26.8 Å². The first-order valence-corrected chi connectivity index (χ1v) is 7.20. The van der Waals surface area contributed by atoms with Crippen molar-refractivity contribution in [2.24, 2.45) is 5.92 Å². The summed E-state index contributed by atoms with van der Waals surface area (Å²) in [6.45, 7) is 3.75. The smallest absolute Gasteiger partial charge is 0.133 e. The lowest BCUT2D eigenvalue weighted by Gasteiger charge is -2.22. The SMILES string of the molecule is COc1ccc(COCC2CCCNC2)cc1Br. The van der Waals surface area contributed by atoms with Crippen LogP contribution in [0.4, 0.5) is 0 Å². The minimum atomic E-state index is 0.666. The van der Waals surface area contributed by atoms with Crippen LogP contribution in [0.3, 0.4) is 0 Å². The van der Waals surface area contributed by atoms with E-state index in [9.17, 15) is 0 Å². The Kier molecular flexibility index (Phi) is 5.47. The van der Waals surface area contributed by atoms with E-state index in [1.807, 2.05) is 12.1 Å². The van der Waals surface area contributed by atoms with Gasteiger partial charge in [-0.2, -0.15) is 0 Å². The van der Waals surface area contributed by atoms with Crippen molar-refractivity contribution in [3.8, 4) is 5.75 Å². The number of halogens is 1. The number of rotatable bonds is 5. The van der Waals surface area contributed by atoms with Crippen LogP contribution >= 0.6 is 15.9 Å². The lowest BCUT2D eigenvalue weighted by molar-refractivity contribution is 0.0782. The molecule has 0 amide bonds. The molecule has 4 heteroatoms. The average Bonchev–Trinajstić information content (AvgIpc) is 2.40. The van der Waals surface area contributed by atoms with Crippen LogP contribution in [0.1, 0.15) is 18.4 Å². The van der Waals surface area contributed by atoms with Crippen LogP contribution < -0.4 is 10.1 Å². The van der Waals surface area contributed by atoms with E-state index in [2.05, 4.69) is 27.3 Å². The van der Waals surface area contributed by atoms with Crippen molar-refractivity contribution in [1.82, 2.24) is 5.32 Å². The molecule has 1 fully saturated rings. The van der Waals surface area contributed by atoms with Crippen LogP contribution in [0.5, 0.6) is 5.75 Å². The van der Waals surface area contributed by atoms with Crippen molar-refractivity contribution in [3.05, 3.63) is 28.2 Å². The average molecular weight is 314 g/mol. The van der Waals surface area contributed by atoms with Crippen molar-refractivity contribution < 1.29 is 9.47 Å². The van der Waals surface area contributed by atoms with E-state index in [0.717, 1.165) is 29.9 Å². The van der Waals surface area contributed by atoms with Crippen molar-refractivity contribution >= 4 is 15.9 Å². The van der Waals surface area contributed by atoms with Gasteiger partial charge in [0.25, 0.3) is 0 Å². The zero-order chi connectivity index (χ0) is 12.8. The molecular formula is C14H20BrNO2. The summed E-state index contributed by atoms with van der Waals surface area (Å²) in [6, 6.07) is 6.06. The van der Waals surface area contributed by atoms with Gasteiger partial charge in [0.05, 0.1) is 24.8 Å². The van der Waals surface area contributed by atoms with E-state index in [1.54, 1.807) is 7.11 Å². The zero-order valence-corrected chi connectivity index (χ0v) is 12.3. The molecule has 0 aromatic heterocycles. The Labute approximate surface area is 117 Å². The van der Waals surface area contributed by atoms with Gasteiger partial charge in [-0.25, -0.2) is 0 Å². The second-order valence-electron chi connectivity index (χ2n) is 4.70. The molecule has 1 aliphatic rings. The highest BCUT2D eigenvalue weighted by Crippen LogP contribution is 2.25.